The molecule has 2 nitrogen and oxygen atoms in total. The number of hydrogen-bond acceptors (Lipinski definition) is 1. The topological polar surface area (TPSA) is 29.1 Å². The predicted molar refractivity (Wildman–Crippen MR) is 76.5 cm³/mol. The van der Waals surface area contributed by atoms with Gasteiger partial charge in [-0.2, -0.15) is 0 Å². The van der Waals surface area contributed by atoms with Crippen molar-refractivity contribution in [3.63, 3.8) is 0 Å². The standard InChI is InChI=1S/C15H14BrNO/c1-11-4-2-6-13(8-11)15(18)17-10-12-5-3-7-14(16)9-12/h2-9H,10H2,1H3,(H,17,18). The fraction of sp³-hybridized carbons (Fsp3) is 0.133. The first-order valence-corrected chi connectivity index (χ1v) is 6.54. The highest BCUT2D eigenvalue weighted by atomic mass is 79.9. The van der Waals surface area contributed by atoms with Crippen molar-refractivity contribution in [2.75, 3.05) is 0 Å². The first kappa shape index (κ1) is 12.8. The fourth-order valence-electron chi connectivity index (χ4n) is 1.72. The summed E-state index contributed by atoms with van der Waals surface area (Å²) in [6.07, 6.45) is 0. The monoisotopic (exact) mass is 303 g/mol. The van der Waals surface area contributed by atoms with Gasteiger partial charge in [0.15, 0.2) is 0 Å². The molecule has 0 spiro atoms. The van der Waals surface area contributed by atoms with Crippen LogP contribution in [0.5, 0.6) is 0 Å². The van der Waals surface area contributed by atoms with Gasteiger partial charge in [-0.1, -0.05) is 45.8 Å². The third-order valence-electron chi connectivity index (χ3n) is 2.62. The molecule has 92 valence electrons. The van der Waals surface area contributed by atoms with Crippen molar-refractivity contribution in [3.8, 4) is 0 Å². The number of carbonyl (C=O) groups is 1. The van der Waals surface area contributed by atoms with Gasteiger partial charge in [0.1, 0.15) is 0 Å². The molecule has 0 bridgehead atoms. The van der Waals surface area contributed by atoms with Crippen LogP contribution < -0.4 is 5.32 Å². The van der Waals surface area contributed by atoms with Crippen LogP contribution in [0.15, 0.2) is 53.0 Å². The van der Waals surface area contributed by atoms with Crippen LogP contribution in [0.2, 0.25) is 0 Å². The summed E-state index contributed by atoms with van der Waals surface area (Å²) in [4.78, 5) is 11.9. The highest BCUT2D eigenvalue weighted by Crippen LogP contribution is 2.11. The molecule has 0 unspecified atom stereocenters. The minimum Gasteiger partial charge on any atom is -0.348 e. The number of amides is 1. The largest absolute Gasteiger partial charge is 0.348 e. The molecule has 0 atom stereocenters. The maximum atomic E-state index is 11.9. The number of benzene rings is 2. The zero-order chi connectivity index (χ0) is 13.0. The van der Waals surface area contributed by atoms with E-state index in [2.05, 4.69) is 21.2 Å². The second-order valence-electron chi connectivity index (χ2n) is 4.18. The second-order valence-corrected chi connectivity index (χ2v) is 5.10. The Bertz CT molecular complexity index is 566. The molecule has 18 heavy (non-hydrogen) atoms. The number of halogens is 1. The Hall–Kier alpha value is -1.61. The Kier molecular flexibility index (Phi) is 4.15. The zero-order valence-electron chi connectivity index (χ0n) is 10.1. The molecule has 0 aromatic heterocycles. The summed E-state index contributed by atoms with van der Waals surface area (Å²) >= 11 is 3.41. The van der Waals surface area contributed by atoms with Crippen LogP contribution in [0, 0.1) is 6.92 Å². The van der Waals surface area contributed by atoms with E-state index >= 15 is 0 Å². The van der Waals surface area contributed by atoms with Crippen molar-refractivity contribution in [1.29, 1.82) is 0 Å². The molecule has 0 saturated heterocycles. The van der Waals surface area contributed by atoms with Gasteiger partial charge >= 0.3 is 0 Å². The number of aryl methyl sites for hydroxylation is 1. The molecular formula is C15H14BrNO. The highest BCUT2D eigenvalue weighted by Gasteiger charge is 2.04. The van der Waals surface area contributed by atoms with E-state index in [0.717, 1.165) is 15.6 Å². The lowest BCUT2D eigenvalue weighted by Gasteiger charge is -2.06. The van der Waals surface area contributed by atoms with E-state index in [1.54, 1.807) is 0 Å². The molecule has 0 heterocycles. The van der Waals surface area contributed by atoms with Crippen LogP contribution in [0.3, 0.4) is 0 Å². The van der Waals surface area contributed by atoms with Crippen molar-refractivity contribution in [3.05, 3.63) is 69.7 Å². The summed E-state index contributed by atoms with van der Waals surface area (Å²) in [5.41, 5.74) is 2.86. The van der Waals surface area contributed by atoms with E-state index in [0.29, 0.717) is 12.1 Å². The summed E-state index contributed by atoms with van der Waals surface area (Å²) in [7, 11) is 0. The molecule has 1 amide bonds. The Morgan fingerprint density at radius 3 is 2.67 bits per heavy atom. The first-order chi connectivity index (χ1) is 8.65. The SMILES string of the molecule is Cc1cccc(C(=O)NCc2cccc(Br)c2)c1. The summed E-state index contributed by atoms with van der Waals surface area (Å²) in [5.74, 6) is -0.0429. The van der Waals surface area contributed by atoms with Gasteiger partial charge in [-0.05, 0) is 36.8 Å². The van der Waals surface area contributed by atoms with Crippen molar-refractivity contribution < 1.29 is 4.79 Å². The zero-order valence-corrected chi connectivity index (χ0v) is 11.7. The number of carbonyl (C=O) groups excluding carboxylic acids is 1. The van der Waals surface area contributed by atoms with Gasteiger partial charge in [-0.15, -0.1) is 0 Å². The molecule has 2 aromatic carbocycles. The predicted octanol–water partition coefficient (Wildman–Crippen LogP) is 3.69. The van der Waals surface area contributed by atoms with Gasteiger partial charge in [-0.25, -0.2) is 0 Å². The number of hydrogen-bond donors (Lipinski definition) is 1. The van der Waals surface area contributed by atoms with E-state index in [-0.39, 0.29) is 5.91 Å². The molecule has 0 saturated carbocycles. The van der Waals surface area contributed by atoms with Crippen molar-refractivity contribution in [2.45, 2.75) is 13.5 Å². The third kappa shape index (κ3) is 3.44. The number of rotatable bonds is 3. The smallest absolute Gasteiger partial charge is 0.251 e. The Morgan fingerprint density at radius 1 is 1.17 bits per heavy atom. The first-order valence-electron chi connectivity index (χ1n) is 5.74. The van der Waals surface area contributed by atoms with E-state index in [4.69, 9.17) is 0 Å². The molecular weight excluding hydrogens is 290 g/mol. The fourth-order valence-corrected chi connectivity index (χ4v) is 2.16. The van der Waals surface area contributed by atoms with Crippen molar-refractivity contribution >= 4 is 21.8 Å². The lowest BCUT2D eigenvalue weighted by atomic mass is 10.1. The van der Waals surface area contributed by atoms with Crippen LogP contribution in [0.1, 0.15) is 21.5 Å². The molecule has 0 radical (unpaired) electrons. The van der Waals surface area contributed by atoms with Gasteiger partial charge in [0.25, 0.3) is 5.91 Å². The molecule has 0 fully saturated rings. The minimum absolute atomic E-state index is 0.0429. The average Bonchev–Trinajstić information content (AvgIpc) is 2.36. The van der Waals surface area contributed by atoms with Gasteiger partial charge in [0, 0.05) is 16.6 Å². The van der Waals surface area contributed by atoms with Crippen LogP contribution in [0.4, 0.5) is 0 Å². The maximum absolute atomic E-state index is 11.9. The van der Waals surface area contributed by atoms with E-state index in [1.165, 1.54) is 0 Å². The summed E-state index contributed by atoms with van der Waals surface area (Å²) in [5, 5.41) is 2.91. The van der Waals surface area contributed by atoms with Crippen LogP contribution in [-0.2, 0) is 6.54 Å². The Morgan fingerprint density at radius 2 is 1.94 bits per heavy atom. The number of nitrogens with one attached hydrogen (secondary N) is 1. The lowest BCUT2D eigenvalue weighted by molar-refractivity contribution is 0.0951. The molecule has 2 rings (SSSR count). The summed E-state index contributed by atoms with van der Waals surface area (Å²) in [6, 6.07) is 15.5. The molecule has 2 aromatic rings. The maximum Gasteiger partial charge on any atom is 0.251 e. The molecule has 1 N–H and O–H groups in total. The van der Waals surface area contributed by atoms with Gasteiger partial charge in [0.05, 0.1) is 0 Å². The molecule has 3 heteroatoms. The summed E-state index contributed by atoms with van der Waals surface area (Å²) in [6.45, 7) is 2.51. The van der Waals surface area contributed by atoms with E-state index < -0.39 is 0 Å². The third-order valence-corrected chi connectivity index (χ3v) is 3.12. The van der Waals surface area contributed by atoms with Crippen LogP contribution >= 0.6 is 15.9 Å². The molecule has 0 aliphatic heterocycles. The van der Waals surface area contributed by atoms with E-state index in [1.807, 2.05) is 55.5 Å². The van der Waals surface area contributed by atoms with Crippen molar-refractivity contribution in [1.82, 2.24) is 5.32 Å². The molecule has 0 aliphatic rings. The quantitative estimate of drug-likeness (QED) is 0.920. The van der Waals surface area contributed by atoms with Gasteiger partial charge in [-0.3, -0.25) is 4.79 Å². The van der Waals surface area contributed by atoms with Crippen LogP contribution in [0.25, 0.3) is 0 Å². The van der Waals surface area contributed by atoms with Gasteiger partial charge in [0.2, 0.25) is 0 Å². The Balaban J connectivity index is 2.00. The highest BCUT2D eigenvalue weighted by molar-refractivity contribution is 9.10. The van der Waals surface area contributed by atoms with Gasteiger partial charge < -0.3 is 5.32 Å². The molecule has 0 aliphatic carbocycles. The van der Waals surface area contributed by atoms with Crippen LogP contribution in [-0.4, -0.2) is 5.91 Å². The normalized spacial score (nSPS) is 10.1. The average molecular weight is 304 g/mol. The van der Waals surface area contributed by atoms with Crippen molar-refractivity contribution in [2.24, 2.45) is 0 Å². The Labute approximate surface area is 115 Å². The summed E-state index contributed by atoms with van der Waals surface area (Å²) < 4.78 is 1.02. The van der Waals surface area contributed by atoms with E-state index in [9.17, 15) is 4.79 Å². The lowest BCUT2D eigenvalue weighted by Crippen LogP contribution is -2.22. The second kappa shape index (κ2) is 5.83. The minimum atomic E-state index is -0.0429.